The topological polar surface area (TPSA) is 3.24 Å². The first kappa shape index (κ1) is 22.9. The fourth-order valence-corrected chi connectivity index (χ4v) is 6.03. The van der Waals surface area contributed by atoms with Gasteiger partial charge in [0.05, 0.1) is 5.69 Å². The van der Waals surface area contributed by atoms with Gasteiger partial charge in [-0.05, 0) is 109 Å². The molecule has 0 N–H and O–H groups in total. The maximum atomic E-state index is 2.51. The SMILES string of the molecule is Cc1cccc(N(c2ccc(C)c(C)c2)c2c3ccccc3cc3ccc(C4CCCCC4)cc23)c1. The number of hydrogen-bond acceptors (Lipinski definition) is 1. The third-order valence-corrected chi connectivity index (χ3v) is 8.17. The standard InChI is InChI=1S/C35H35N/c1-24-10-9-14-31(20-24)36(32-19-16-25(2)26(3)21-32)35-33-15-8-7-13-29(33)22-30-18-17-28(23-34(30)35)27-11-5-4-6-12-27/h7-10,13-23,27H,4-6,11-12H2,1-3H3. The van der Waals surface area contributed by atoms with Crippen LogP contribution in [-0.2, 0) is 0 Å². The summed E-state index contributed by atoms with van der Waals surface area (Å²) in [5.41, 5.74) is 9.12. The molecule has 1 aliphatic rings. The van der Waals surface area contributed by atoms with E-state index in [1.807, 2.05) is 0 Å². The number of hydrogen-bond donors (Lipinski definition) is 0. The van der Waals surface area contributed by atoms with Gasteiger partial charge >= 0.3 is 0 Å². The van der Waals surface area contributed by atoms with Crippen molar-refractivity contribution >= 4 is 38.6 Å². The first-order chi connectivity index (χ1) is 17.6. The number of benzene rings is 5. The zero-order valence-corrected chi connectivity index (χ0v) is 21.7. The average molecular weight is 470 g/mol. The van der Waals surface area contributed by atoms with Crippen molar-refractivity contribution in [2.45, 2.75) is 58.8 Å². The molecule has 0 spiro atoms. The average Bonchev–Trinajstić information content (AvgIpc) is 2.91. The summed E-state index contributed by atoms with van der Waals surface area (Å²) in [4.78, 5) is 2.49. The third-order valence-electron chi connectivity index (χ3n) is 8.17. The molecule has 1 aliphatic carbocycles. The molecule has 0 amide bonds. The van der Waals surface area contributed by atoms with Gasteiger partial charge in [0.1, 0.15) is 0 Å². The van der Waals surface area contributed by atoms with E-state index in [9.17, 15) is 0 Å². The van der Waals surface area contributed by atoms with Gasteiger partial charge in [-0.3, -0.25) is 0 Å². The highest BCUT2D eigenvalue weighted by molar-refractivity contribution is 6.14. The molecule has 1 nitrogen and oxygen atoms in total. The van der Waals surface area contributed by atoms with E-state index < -0.39 is 0 Å². The molecule has 1 saturated carbocycles. The molecular formula is C35H35N. The van der Waals surface area contributed by atoms with Crippen molar-refractivity contribution < 1.29 is 0 Å². The van der Waals surface area contributed by atoms with Crippen LogP contribution in [0.1, 0.15) is 60.3 Å². The van der Waals surface area contributed by atoms with E-state index in [2.05, 4.69) is 117 Å². The lowest BCUT2D eigenvalue weighted by atomic mass is 9.83. The van der Waals surface area contributed by atoms with E-state index in [0.717, 1.165) is 0 Å². The van der Waals surface area contributed by atoms with Crippen molar-refractivity contribution in [1.29, 1.82) is 0 Å². The highest BCUT2D eigenvalue weighted by Crippen LogP contribution is 2.45. The lowest BCUT2D eigenvalue weighted by molar-refractivity contribution is 0.444. The minimum absolute atomic E-state index is 0.677. The molecule has 1 fully saturated rings. The summed E-state index contributed by atoms with van der Waals surface area (Å²) in [6.45, 7) is 6.60. The molecule has 6 rings (SSSR count). The summed E-state index contributed by atoms with van der Waals surface area (Å²) in [5.74, 6) is 0.677. The van der Waals surface area contributed by atoms with Crippen molar-refractivity contribution in [3.63, 3.8) is 0 Å². The molecule has 0 saturated heterocycles. The largest absolute Gasteiger partial charge is 0.309 e. The zero-order chi connectivity index (χ0) is 24.6. The predicted octanol–water partition coefficient (Wildman–Crippen LogP) is 10.4. The van der Waals surface area contributed by atoms with E-state index in [0.29, 0.717) is 5.92 Å². The van der Waals surface area contributed by atoms with Crippen LogP contribution in [0, 0.1) is 20.8 Å². The minimum Gasteiger partial charge on any atom is -0.309 e. The van der Waals surface area contributed by atoms with Crippen molar-refractivity contribution in [3.05, 3.63) is 113 Å². The Morgan fingerprint density at radius 3 is 2.17 bits per heavy atom. The molecule has 36 heavy (non-hydrogen) atoms. The zero-order valence-electron chi connectivity index (χ0n) is 21.7. The number of anilines is 3. The van der Waals surface area contributed by atoms with E-state index in [-0.39, 0.29) is 0 Å². The molecule has 0 aromatic heterocycles. The Morgan fingerprint density at radius 2 is 1.36 bits per heavy atom. The summed E-state index contributed by atoms with van der Waals surface area (Å²) in [7, 11) is 0. The summed E-state index contributed by atoms with van der Waals surface area (Å²) < 4.78 is 0. The maximum Gasteiger partial charge on any atom is 0.0618 e. The Kier molecular flexibility index (Phi) is 6.01. The highest BCUT2D eigenvalue weighted by atomic mass is 15.1. The molecular weight excluding hydrogens is 434 g/mol. The minimum atomic E-state index is 0.677. The van der Waals surface area contributed by atoms with Gasteiger partial charge in [0, 0.05) is 22.1 Å². The second kappa shape index (κ2) is 9.47. The van der Waals surface area contributed by atoms with Crippen molar-refractivity contribution in [2.24, 2.45) is 0 Å². The van der Waals surface area contributed by atoms with Gasteiger partial charge in [-0.1, -0.05) is 73.9 Å². The second-order valence-corrected chi connectivity index (χ2v) is 10.7. The van der Waals surface area contributed by atoms with E-state index in [1.54, 1.807) is 0 Å². The third kappa shape index (κ3) is 4.17. The number of aryl methyl sites for hydroxylation is 3. The van der Waals surface area contributed by atoms with Crippen LogP contribution in [0.25, 0.3) is 21.5 Å². The predicted molar refractivity (Wildman–Crippen MR) is 156 cm³/mol. The van der Waals surface area contributed by atoms with Gasteiger partial charge in [-0.25, -0.2) is 0 Å². The molecule has 0 aliphatic heterocycles. The number of nitrogens with zero attached hydrogens (tertiary/aromatic N) is 1. The molecule has 0 bridgehead atoms. The van der Waals surface area contributed by atoms with Crippen LogP contribution >= 0.6 is 0 Å². The van der Waals surface area contributed by atoms with Crippen LogP contribution in [0.3, 0.4) is 0 Å². The van der Waals surface area contributed by atoms with Gasteiger partial charge in [-0.15, -0.1) is 0 Å². The molecule has 5 aromatic carbocycles. The summed E-state index contributed by atoms with van der Waals surface area (Å²) in [6.07, 6.45) is 6.71. The Morgan fingerprint density at radius 1 is 0.583 bits per heavy atom. The van der Waals surface area contributed by atoms with Crippen LogP contribution in [0.4, 0.5) is 17.1 Å². The molecule has 0 atom stereocenters. The molecule has 180 valence electrons. The van der Waals surface area contributed by atoms with Crippen LogP contribution in [0.15, 0.2) is 91.0 Å². The Balaban J connectivity index is 1.68. The van der Waals surface area contributed by atoms with Crippen molar-refractivity contribution in [1.82, 2.24) is 0 Å². The van der Waals surface area contributed by atoms with Gasteiger partial charge in [-0.2, -0.15) is 0 Å². The first-order valence-electron chi connectivity index (χ1n) is 13.5. The lowest BCUT2D eigenvalue weighted by Crippen LogP contribution is -2.12. The molecule has 0 heterocycles. The Bertz CT molecular complexity index is 1550. The fourth-order valence-electron chi connectivity index (χ4n) is 6.03. The first-order valence-corrected chi connectivity index (χ1v) is 13.5. The van der Waals surface area contributed by atoms with E-state index in [4.69, 9.17) is 0 Å². The number of fused-ring (bicyclic) bond motifs is 2. The molecule has 0 unspecified atom stereocenters. The fraction of sp³-hybridized carbons (Fsp3) is 0.257. The maximum absolute atomic E-state index is 2.51. The molecule has 0 radical (unpaired) electrons. The molecule has 1 heteroatoms. The van der Waals surface area contributed by atoms with E-state index >= 15 is 0 Å². The highest BCUT2D eigenvalue weighted by Gasteiger charge is 2.21. The second-order valence-electron chi connectivity index (χ2n) is 10.7. The van der Waals surface area contributed by atoms with Gasteiger partial charge in [0.2, 0.25) is 0 Å². The van der Waals surface area contributed by atoms with Crippen LogP contribution in [-0.4, -0.2) is 0 Å². The normalized spacial score (nSPS) is 14.4. The smallest absolute Gasteiger partial charge is 0.0618 e. The molecule has 5 aromatic rings. The number of rotatable bonds is 4. The summed E-state index contributed by atoms with van der Waals surface area (Å²) in [6, 6.07) is 34.3. The Hall–Kier alpha value is -3.58. The lowest BCUT2D eigenvalue weighted by Gasteiger charge is -2.30. The summed E-state index contributed by atoms with van der Waals surface area (Å²) >= 11 is 0. The van der Waals surface area contributed by atoms with Gasteiger partial charge in [0.25, 0.3) is 0 Å². The van der Waals surface area contributed by atoms with Crippen molar-refractivity contribution in [2.75, 3.05) is 4.90 Å². The Labute approximate surface area is 215 Å². The van der Waals surface area contributed by atoms with Gasteiger partial charge < -0.3 is 4.90 Å². The van der Waals surface area contributed by atoms with Crippen LogP contribution in [0.5, 0.6) is 0 Å². The van der Waals surface area contributed by atoms with E-state index in [1.165, 1.54) is 93.0 Å². The van der Waals surface area contributed by atoms with Crippen LogP contribution in [0.2, 0.25) is 0 Å². The quantitative estimate of drug-likeness (QED) is 0.237. The van der Waals surface area contributed by atoms with Crippen molar-refractivity contribution in [3.8, 4) is 0 Å². The van der Waals surface area contributed by atoms with Gasteiger partial charge in [0.15, 0.2) is 0 Å². The summed E-state index contributed by atoms with van der Waals surface area (Å²) in [5, 5.41) is 5.23. The monoisotopic (exact) mass is 469 g/mol. The van der Waals surface area contributed by atoms with Crippen LogP contribution < -0.4 is 4.90 Å².